The summed E-state index contributed by atoms with van der Waals surface area (Å²) in [5, 5.41) is 13.7. The third-order valence-corrected chi connectivity index (χ3v) is 3.73. The van der Waals surface area contributed by atoms with Gasteiger partial charge < -0.3 is 10.8 Å². The maximum atomic E-state index is 11.0. The van der Waals surface area contributed by atoms with Gasteiger partial charge in [0.2, 0.25) is 0 Å². The van der Waals surface area contributed by atoms with E-state index < -0.39 is 17.4 Å². The number of nitrogens with two attached hydrogens (primary N) is 1. The second kappa shape index (κ2) is 3.46. The minimum atomic E-state index is -0.989. The number of nitrogens with zero attached hydrogens (tertiary/aromatic N) is 2. The lowest BCUT2D eigenvalue weighted by Gasteiger charge is -2.19. The number of aliphatic carboxylic acids is 1. The highest BCUT2D eigenvalue weighted by Crippen LogP contribution is 2.53. The van der Waals surface area contributed by atoms with Crippen molar-refractivity contribution in [3.8, 4) is 0 Å². The van der Waals surface area contributed by atoms with Gasteiger partial charge in [-0.15, -0.1) is 0 Å². The Labute approximate surface area is 98.2 Å². The zero-order chi connectivity index (χ0) is 12.1. The zero-order valence-corrected chi connectivity index (χ0v) is 9.95. The normalized spacial score (nSPS) is 19.5. The molecule has 1 atom stereocenters. The van der Waals surface area contributed by atoms with E-state index in [1.165, 1.54) is 0 Å². The largest absolute Gasteiger partial charge is 0.480 e. The Kier molecular flexibility index (Phi) is 2.47. The number of carboxylic acid groups (broad SMARTS) is 1. The number of aromatic nitrogens is 2. The van der Waals surface area contributed by atoms with E-state index in [0.717, 1.165) is 24.1 Å². The Hall–Kier alpha value is -1.07. The lowest BCUT2D eigenvalue weighted by molar-refractivity contribution is -0.139. The van der Waals surface area contributed by atoms with E-state index in [-0.39, 0.29) is 0 Å². The van der Waals surface area contributed by atoms with E-state index in [1.54, 1.807) is 11.7 Å². The summed E-state index contributed by atoms with van der Waals surface area (Å²) in [6.45, 7) is 1.83. The molecule has 0 spiro atoms. The molecular formula is C10H14ClN3O2. The smallest absolute Gasteiger partial charge is 0.321 e. The molecule has 5 nitrogen and oxygen atoms in total. The van der Waals surface area contributed by atoms with Crippen LogP contribution in [0, 0.1) is 6.92 Å². The molecule has 0 saturated heterocycles. The number of halogens is 1. The van der Waals surface area contributed by atoms with Crippen LogP contribution in [-0.4, -0.2) is 26.9 Å². The van der Waals surface area contributed by atoms with Crippen molar-refractivity contribution in [2.24, 2.45) is 12.8 Å². The molecule has 0 aromatic carbocycles. The van der Waals surface area contributed by atoms with Crippen LogP contribution in [0.2, 0.25) is 5.15 Å². The molecule has 1 aliphatic rings. The predicted molar refractivity (Wildman–Crippen MR) is 59.5 cm³/mol. The summed E-state index contributed by atoms with van der Waals surface area (Å²) < 4.78 is 1.56. The van der Waals surface area contributed by atoms with Crippen LogP contribution in [0.15, 0.2) is 0 Å². The van der Waals surface area contributed by atoms with E-state index in [0.29, 0.717) is 5.15 Å². The maximum absolute atomic E-state index is 11.0. The Morgan fingerprint density at radius 1 is 1.69 bits per heavy atom. The van der Waals surface area contributed by atoms with Crippen molar-refractivity contribution in [1.29, 1.82) is 0 Å². The van der Waals surface area contributed by atoms with Gasteiger partial charge in [-0.1, -0.05) is 11.6 Å². The van der Waals surface area contributed by atoms with Crippen LogP contribution in [-0.2, 0) is 17.3 Å². The maximum Gasteiger partial charge on any atom is 0.321 e. The van der Waals surface area contributed by atoms with Crippen molar-refractivity contribution < 1.29 is 9.90 Å². The first-order valence-electron chi connectivity index (χ1n) is 5.08. The first-order valence-corrected chi connectivity index (χ1v) is 5.46. The molecule has 1 aliphatic carbocycles. The molecule has 2 rings (SSSR count). The van der Waals surface area contributed by atoms with Crippen molar-refractivity contribution in [3.05, 3.63) is 16.4 Å². The number of hydrogen-bond donors (Lipinski definition) is 2. The van der Waals surface area contributed by atoms with Gasteiger partial charge in [-0.3, -0.25) is 9.48 Å². The summed E-state index contributed by atoms with van der Waals surface area (Å²) in [4.78, 5) is 11.0. The molecule has 1 aromatic heterocycles. The van der Waals surface area contributed by atoms with Gasteiger partial charge in [-0.2, -0.15) is 5.10 Å². The molecule has 0 amide bonds. The number of carboxylic acids is 1. The molecule has 3 N–H and O–H groups in total. The highest BCUT2D eigenvalue weighted by molar-refractivity contribution is 6.30. The number of rotatable bonds is 3. The fourth-order valence-electron chi connectivity index (χ4n) is 2.28. The number of carbonyl (C=O) groups is 1. The molecule has 1 aromatic rings. The molecule has 1 heterocycles. The van der Waals surface area contributed by atoms with Gasteiger partial charge in [-0.05, 0) is 19.8 Å². The molecule has 0 bridgehead atoms. The second-order valence-corrected chi connectivity index (χ2v) is 4.70. The molecule has 1 fully saturated rings. The van der Waals surface area contributed by atoms with Gasteiger partial charge in [0.25, 0.3) is 0 Å². The van der Waals surface area contributed by atoms with Crippen molar-refractivity contribution in [2.75, 3.05) is 0 Å². The summed E-state index contributed by atoms with van der Waals surface area (Å²) in [7, 11) is 1.74. The summed E-state index contributed by atoms with van der Waals surface area (Å²) in [5.41, 5.74) is 6.79. The number of hydrogen-bond acceptors (Lipinski definition) is 3. The second-order valence-electron chi connectivity index (χ2n) is 4.35. The van der Waals surface area contributed by atoms with E-state index >= 15 is 0 Å². The van der Waals surface area contributed by atoms with E-state index in [9.17, 15) is 4.79 Å². The first-order chi connectivity index (χ1) is 7.40. The van der Waals surface area contributed by atoms with Crippen LogP contribution in [0.1, 0.15) is 24.1 Å². The van der Waals surface area contributed by atoms with Crippen LogP contribution < -0.4 is 5.73 Å². The van der Waals surface area contributed by atoms with Gasteiger partial charge in [-0.25, -0.2) is 0 Å². The highest BCUT2D eigenvalue weighted by Gasteiger charge is 2.55. The molecule has 16 heavy (non-hydrogen) atoms. The predicted octanol–water partition coefficient (Wildman–Crippen LogP) is 0.825. The van der Waals surface area contributed by atoms with Crippen LogP contribution in [0.3, 0.4) is 0 Å². The SMILES string of the molecule is Cc1nn(C)c(Cl)c1C1(C(N)C(=O)O)CC1. The molecule has 1 unspecified atom stereocenters. The van der Waals surface area contributed by atoms with Crippen LogP contribution in [0.5, 0.6) is 0 Å². The van der Waals surface area contributed by atoms with Crippen LogP contribution in [0.4, 0.5) is 0 Å². The number of aryl methyl sites for hydroxylation is 2. The first kappa shape index (κ1) is 11.4. The average molecular weight is 244 g/mol. The van der Waals surface area contributed by atoms with Gasteiger partial charge >= 0.3 is 5.97 Å². The summed E-state index contributed by atoms with van der Waals surface area (Å²) in [6, 6.07) is -0.909. The van der Waals surface area contributed by atoms with E-state index in [2.05, 4.69) is 5.10 Å². The van der Waals surface area contributed by atoms with Crippen molar-refractivity contribution in [2.45, 2.75) is 31.2 Å². The fraction of sp³-hybridized carbons (Fsp3) is 0.600. The van der Waals surface area contributed by atoms with E-state index in [4.69, 9.17) is 22.4 Å². The van der Waals surface area contributed by atoms with Crippen molar-refractivity contribution >= 4 is 17.6 Å². The Morgan fingerprint density at radius 3 is 2.56 bits per heavy atom. The lowest BCUT2D eigenvalue weighted by atomic mass is 9.89. The summed E-state index contributed by atoms with van der Waals surface area (Å²) >= 11 is 6.14. The zero-order valence-electron chi connectivity index (χ0n) is 9.20. The summed E-state index contributed by atoms with van der Waals surface area (Å²) in [5.74, 6) is -0.989. The fourth-order valence-corrected chi connectivity index (χ4v) is 2.65. The monoisotopic (exact) mass is 243 g/mol. The minimum Gasteiger partial charge on any atom is -0.480 e. The Morgan fingerprint density at radius 2 is 2.25 bits per heavy atom. The highest BCUT2D eigenvalue weighted by atomic mass is 35.5. The molecular weight excluding hydrogens is 230 g/mol. The summed E-state index contributed by atoms with van der Waals surface area (Å²) in [6.07, 6.45) is 1.51. The topological polar surface area (TPSA) is 81.1 Å². The van der Waals surface area contributed by atoms with Gasteiger partial charge in [0.05, 0.1) is 5.69 Å². The molecule has 6 heteroatoms. The third-order valence-electron chi connectivity index (χ3n) is 3.30. The average Bonchev–Trinajstić information content (AvgIpc) is 2.93. The van der Waals surface area contributed by atoms with Crippen LogP contribution >= 0.6 is 11.6 Å². The lowest BCUT2D eigenvalue weighted by Crippen LogP contribution is -2.42. The van der Waals surface area contributed by atoms with Gasteiger partial charge in [0.15, 0.2) is 0 Å². The quantitative estimate of drug-likeness (QED) is 0.824. The molecule has 0 aliphatic heterocycles. The molecule has 88 valence electrons. The Bertz CT molecular complexity index is 451. The van der Waals surface area contributed by atoms with E-state index in [1.807, 2.05) is 6.92 Å². The molecule has 0 radical (unpaired) electrons. The van der Waals surface area contributed by atoms with Gasteiger partial charge in [0.1, 0.15) is 11.2 Å². The van der Waals surface area contributed by atoms with Gasteiger partial charge in [0, 0.05) is 18.0 Å². The van der Waals surface area contributed by atoms with Crippen molar-refractivity contribution in [1.82, 2.24) is 9.78 Å². The minimum absolute atomic E-state index is 0.492. The third kappa shape index (κ3) is 1.43. The van der Waals surface area contributed by atoms with Crippen molar-refractivity contribution in [3.63, 3.8) is 0 Å². The Balaban J connectivity index is 2.48. The molecule has 1 saturated carbocycles. The standard InChI is InChI=1S/C10H14ClN3O2/c1-5-6(8(11)14(2)13-5)10(3-4-10)7(12)9(15)16/h7H,3-4,12H2,1-2H3,(H,15,16). The van der Waals surface area contributed by atoms with Crippen LogP contribution in [0.25, 0.3) is 0 Å².